The van der Waals surface area contributed by atoms with E-state index in [1.165, 1.54) is 22.7 Å². The van der Waals surface area contributed by atoms with Gasteiger partial charge in [-0.3, -0.25) is 9.59 Å². The van der Waals surface area contributed by atoms with E-state index in [2.05, 4.69) is 21.5 Å². The van der Waals surface area contributed by atoms with E-state index in [0.717, 1.165) is 20.5 Å². The Labute approximate surface area is 190 Å². The van der Waals surface area contributed by atoms with E-state index in [9.17, 15) is 9.59 Å². The zero-order valence-electron chi connectivity index (χ0n) is 16.4. The number of carbonyl (C=O) groups is 2. The molecule has 8 nitrogen and oxygen atoms in total. The highest BCUT2D eigenvalue weighted by molar-refractivity contribution is 7.22. The lowest BCUT2D eigenvalue weighted by atomic mass is 10.1. The van der Waals surface area contributed by atoms with Gasteiger partial charge >= 0.3 is 0 Å². The molecule has 2 aliphatic heterocycles. The molecule has 0 bridgehead atoms. The molecule has 1 N–H and O–H groups in total. The van der Waals surface area contributed by atoms with E-state index >= 15 is 0 Å². The number of hydrogen-bond acceptors (Lipinski definition) is 9. The molecule has 0 radical (unpaired) electrons. The van der Waals surface area contributed by atoms with Crippen LogP contribution in [0.15, 0.2) is 23.7 Å². The summed E-state index contributed by atoms with van der Waals surface area (Å²) in [5.74, 6) is -0.308. The van der Waals surface area contributed by atoms with Crippen LogP contribution in [0.5, 0.6) is 0 Å². The van der Waals surface area contributed by atoms with Crippen LogP contribution in [0.3, 0.4) is 0 Å². The Morgan fingerprint density at radius 1 is 1.29 bits per heavy atom. The van der Waals surface area contributed by atoms with Crippen molar-refractivity contribution in [1.82, 2.24) is 19.8 Å². The Bertz CT molecular complexity index is 1160. The Kier molecular flexibility index (Phi) is 5.43. The van der Waals surface area contributed by atoms with Crippen molar-refractivity contribution in [3.63, 3.8) is 0 Å². The predicted molar refractivity (Wildman–Crippen MR) is 120 cm³/mol. The maximum atomic E-state index is 13.0. The van der Waals surface area contributed by atoms with Crippen molar-refractivity contribution in [1.29, 1.82) is 5.26 Å². The molecule has 1 atom stereocenters. The number of anilines is 1. The molecule has 3 aromatic heterocycles. The molecule has 0 aliphatic carbocycles. The Balaban J connectivity index is 1.24. The standard InChI is InChI=1S/C20H18N6O2S3/c21-11-25-5-3-12(9-25)17(27)24-20-23-13-4-6-26(10-16(13)31-20)19(28)15-8-22-18(30-15)14-2-1-7-29-14/h1-2,7-8,12H,3-6,9-10H2,(H,23,24,27)/t12-/m1/s1. The van der Waals surface area contributed by atoms with Crippen molar-refractivity contribution in [3.05, 3.63) is 39.2 Å². The van der Waals surface area contributed by atoms with Crippen LogP contribution in [0, 0.1) is 17.4 Å². The molecule has 31 heavy (non-hydrogen) atoms. The summed E-state index contributed by atoms with van der Waals surface area (Å²) < 4.78 is 0. The van der Waals surface area contributed by atoms with Crippen molar-refractivity contribution in [2.75, 3.05) is 25.0 Å². The van der Waals surface area contributed by atoms with E-state index in [4.69, 9.17) is 5.26 Å². The lowest BCUT2D eigenvalue weighted by molar-refractivity contribution is -0.119. The molecule has 1 saturated heterocycles. The molecular weight excluding hydrogens is 452 g/mol. The lowest BCUT2D eigenvalue weighted by Crippen LogP contribution is -2.35. The number of amides is 2. The number of fused-ring (bicyclic) bond motifs is 1. The topological polar surface area (TPSA) is 102 Å². The smallest absolute Gasteiger partial charge is 0.265 e. The van der Waals surface area contributed by atoms with Gasteiger partial charge in [0, 0.05) is 30.9 Å². The van der Waals surface area contributed by atoms with E-state index in [1.807, 2.05) is 22.4 Å². The minimum atomic E-state index is -0.192. The molecule has 5 heterocycles. The van der Waals surface area contributed by atoms with Crippen molar-refractivity contribution < 1.29 is 9.59 Å². The molecule has 0 saturated carbocycles. The van der Waals surface area contributed by atoms with Crippen molar-refractivity contribution in [2.24, 2.45) is 5.92 Å². The summed E-state index contributed by atoms with van der Waals surface area (Å²) in [7, 11) is 0. The molecular formula is C20H18N6O2S3. The van der Waals surface area contributed by atoms with Gasteiger partial charge in [-0.1, -0.05) is 17.4 Å². The monoisotopic (exact) mass is 470 g/mol. The lowest BCUT2D eigenvalue weighted by Gasteiger charge is -2.25. The third-order valence-electron chi connectivity index (χ3n) is 5.40. The fourth-order valence-electron chi connectivity index (χ4n) is 3.74. The average molecular weight is 471 g/mol. The van der Waals surface area contributed by atoms with Gasteiger partial charge in [0.25, 0.3) is 5.91 Å². The molecule has 2 amide bonds. The summed E-state index contributed by atoms with van der Waals surface area (Å²) in [4.78, 5) is 40.6. The molecule has 0 aromatic carbocycles. The van der Waals surface area contributed by atoms with Crippen molar-refractivity contribution in [3.8, 4) is 16.1 Å². The number of hydrogen-bond donors (Lipinski definition) is 1. The van der Waals surface area contributed by atoms with E-state index < -0.39 is 0 Å². The summed E-state index contributed by atoms with van der Waals surface area (Å²) in [6.07, 6.45) is 5.08. The first-order chi connectivity index (χ1) is 15.1. The molecule has 3 aromatic rings. The van der Waals surface area contributed by atoms with Gasteiger partial charge in [-0.25, -0.2) is 9.97 Å². The molecule has 158 valence electrons. The third-order valence-corrected chi connectivity index (χ3v) is 8.42. The van der Waals surface area contributed by atoms with E-state index in [-0.39, 0.29) is 17.7 Å². The van der Waals surface area contributed by atoms with Crippen LogP contribution >= 0.6 is 34.0 Å². The average Bonchev–Trinajstić information content (AvgIpc) is 3.57. The maximum Gasteiger partial charge on any atom is 0.265 e. The number of nitrogens with zero attached hydrogens (tertiary/aromatic N) is 5. The van der Waals surface area contributed by atoms with Crippen LogP contribution in [0.2, 0.25) is 0 Å². The highest BCUT2D eigenvalue weighted by atomic mass is 32.1. The molecule has 0 unspecified atom stereocenters. The third kappa shape index (κ3) is 4.06. The Morgan fingerprint density at radius 3 is 2.97 bits per heavy atom. The number of carbonyl (C=O) groups excluding carboxylic acids is 2. The molecule has 1 fully saturated rings. The summed E-state index contributed by atoms with van der Waals surface area (Å²) in [6.45, 7) is 2.15. The Hall–Kier alpha value is -2.81. The fraction of sp³-hybridized carbons (Fsp3) is 0.350. The van der Waals surface area contributed by atoms with Gasteiger partial charge in [0.1, 0.15) is 9.88 Å². The number of likely N-dealkylation sites (tertiary alicyclic amines) is 1. The minimum Gasteiger partial charge on any atom is -0.332 e. The quantitative estimate of drug-likeness (QED) is 0.587. The Morgan fingerprint density at radius 2 is 2.19 bits per heavy atom. The van der Waals surface area contributed by atoms with E-state index in [1.54, 1.807) is 22.4 Å². The first-order valence-corrected chi connectivity index (χ1v) is 12.3. The van der Waals surface area contributed by atoms with E-state index in [0.29, 0.717) is 49.0 Å². The maximum absolute atomic E-state index is 13.0. The first-order valence-electron chi connectivity index (χ1n) is 9.84. The van der Waals surface area contributed by atoms with Crippen LogP contribution in [0.1, 0.15) is 26.7 Å². The van der Waals surface area contributed by atoms with Crippen LogP contribution in [0.25, 0.3) is 9.88 Å². The largest absolute Gasteiger partial charge is 0.332 e. The van der Waals surface area contributed by atoms with Gasteiger partial charge in [0.15, 0.2) is 11.3 Å². The minimum absolute atomic E-state index is 0.0208. The molecule has 11 heteroatoms. The second-order valence-corrected chi connectivity index (χ2v) is 10.5. The molecule has 2 aliphatic rings. The van der Waals surface area contributed by atoms with Crippen molar-refractivity contribution >= 4 is 51.0 Å². The summed E-state index contributed by atoms with van der Waals surface area (Å²) >= 11 is 4.45. The van der Waals surface area contributed by atoms with Gasteiger partial charge in [-0.2, -0.15) is 5.26 Å². The SMILES string of the molecule is N#CN1CC[C@@H](C(=O)Nc2nc3c(s2)CN(C(=O)c2cnc(-c4cccs4)s2)CC3)C1. The van der Waals surface area contributed by atoms with Crippen LogP contribution in [0.4, 0.5) is 5.13 Å². The van der Waals surface area contributed by atoms with Gasteiger partial charge in [0.05, 0.1) is 29.2 Å². The van der Waals surface area contributed by atoms with Gasteiger partial charge < -0.3 is 15.1 Å². The second kappa shape index (κ2) is 8.37. The number of aromatic nitrogens is 2. The summed E-state index contributed by atoms with van der Waals surface area (Å²) in [5.41, 5.74) is 0.943. The number of nitriles is 1. The van der Waals surface area contributed by atoms with Crippen LogP contribution in [-0.2, 0) is 17.8 Å². The first kappa shape index (κ1) is 20.1. The normalized spacial score (nSPS) is 18.0. The van der Waals surface area contributed by atoms with Crippen molar-refractivity contribution in [2.45, 2.75) is 19.4 Å². The zero-order valence-corrected chi connectivity index (χ0v) is 18.9. The second-order valence-electron chi connectivity index (χ2n) is 7.39. The van der Waals surface area contributed by atoms with Gasteiger partial charge in [-0.05, 0) is 17.9 Å². The van der Waals surface area contributed by atoms with Gasteiger partial charge in [0.2, 0.25) is 5.91 Å². The zero-order chi connectivity index (χ0) is 21.4. The molecule has 5 rings (SSSR count). The van der Waals surface area contributed by atoms with Crippen LogP contribution < -0.4 is 5.32 Å². The molecule has 0 spiro atoms. The number of rotatable bonds is 4. The summed E-state index contributed by atoms with van der Waals surface area (Å²) in [5, 5.41) is 15.3. The number of thiophene rings is 1. The number of thiazole rings is 2. The van der Waals surface area contributed by atoms with Crippen LogP contribution in [-0.4, -0.2) is 51.2 Å². The van der Waals surface area contributed by atoms with Gasteiger partial charge in [-0.15, -0.1) is 22.7 Å². The predicted octanol–water partition coefficient (Wildman–Crippen LogP) is 3.27. The highest BCUT2D eigenvalue weighted by Gasteiger charge is 2.30. The summed E-state index contributed by atoms with van der Waals surface area (Å²) in [6, 6.07) is 3.98. The number of nitrogens with one attached hydrogen (secondary N) is 1. The highest BCUT2D eigenvalue weighted by Crippen LogP contribution is 2.32. The fourth-order valence-corrected chi connectivity index (χ4v) is 6.45.